The molecule has 0 bridgehead atoms. The first kappa shape index (κ1) is 35.0. The number of nitrogens with zero attached hydrogens (tertiary/aromatic N) is 3. The lowest BCUT2D eigenvalue weighted by Crippen LogP contribution is -1.96. The van der Waals surface area contributed by atoms with Crippen LogP contribution in [-0.4, -0.2) is 9.97 Å². The van der Waals surface area contributed by atoms with Crippen molar-refractivity contribution in [3.63, 3.8) is 0 Å². The summed E-state index contributed by atoms with van der Waals surface area (Å²) >= 11 is 0. The lowest BCUT2D eigenvalue weighted by Gasteiger charge is -2.15. The molecule has 0 spiro atoms. The van der Waals surface area contributed by atoms with E-state index in [-0.39, 0.29) is 0 Å². The first-order chi connectivity index (χ1) is 29.7. The van der Waals surface area contributed by atoms with Crippen LogP contribution in [0.3, 0.4) is 0 Å². The monoisotopic (exact) mass is 761 g/mol. The molecule has 0 amide bonds. The average Bonchev–Trinajstić information content (AvgIpc) is 3.33. The summed E-state index contributed by atoms with van der Waals surface area (Å²) in [5, 5.41) is 19.4. The molecule has 3 heteroatoms. The highest BCUT2D eigenvalue weighted by molar-refractivity contribution is 6.17. The molecule has 11 aromatic rings. The number of nitriles is 1. The molecule has 0 unspecified atom stereocenters. The van der Waals surface area contributed by atoms with E-state index in [1.807, 2.05) is 60.7 Å². The molecule has 0 fully saturated rings. The number of hydrogen-bond acceptors (Lipinski definition) is 3. The zero-order valence-electron chi connectivity index (χ0n) is 32.5. The van der Waals surface area contributed by atoms with Crippen molar-refractivity contribution in [2.45, 2.75) is 0 Å². The Balaban J connectivity index is 0.949. The van der Waals surface area contributed by atoms with E-state index in [9.17, 15) is 5.26 Å². The first-order valence-electron chi connectivity index (χ1n) is 20.2. The van der Waals surface area contributed by atoms with Crippen LogP contribution in [0.2, 0.25) is 0 Å². The van der Waals surface area contributed by atoms with Gasteiger partial charge >= 0.3 is 0 Å². The van der Waals surface area contributed by atoms with Gasteiger partial charge in [-0.3, -0.25) is 0 Å². The van der Waals surface area contributed by atoms with Crippen LogP contribution >= 0.6 is 0 Å². The Hall–Kier alpha value is -8.19. The van der Waals surface area contributed by atoms with Gasteiger partial charge in [-0.05, 0) is 113 Å². The van der Waals surface area contributed by atoms with Crippen LogP contribution in [-0.2, 0) is 0 Å². The lowest BCUT2D eigenvalue weighted by atomic mass is 9.89. The second-order valence-electron chi connectivity index (χ2n) is 15.3. The molecule has 0 saturated heterocycles. The highest BCUT2D eigenvalue weighted by atomic mass is 14.9. The molecule has 0 atom stereocenters. The van der Waals surface area contributed by atoms with Gasteiger partial charge in [0.25, 0.3) is 0 Å². The van der Waals surface area contributed by atoms with Gasteiger partial charge in [-0.2, -0.15) is 5.26 Å². The Bertz CT molecular complexity index is 3450. The summed E-state index contributed by atoms with van der Waals surface area (Å²) in [7, 11) is 0. The van der Waals surface area contributed by atoms with Gasteiger partial charge < -0.3 is 0 Å². The van der Waals surface area contributed by atoms with Gasteiger partial charge in [0, 0.05) is 16.7 Å². The van der Waals surface area contributed by atoms with E-state index in [4.69, 9.17) is 9.97 Å². The van der Waals surface area contributed by atoms with Crippen LogP contribution in [0.25, 0.3) is 110 Å². The predicted molar refractivity (Wildman–Crippen MR) is 249 cm³/mol. The van der Waals surface area contributed by atoms with E-state index in [0.29, 0.717) is 11.4 Å². The third-order valence-corrected chi connectivity index (χ3v) is 11.7. The van der Waals surface area contributed by atoms with Gasteiger partial charge in [-0.25, -0.2) is 9.97 Å². The maximum Gasteiger partial charge on any atom is 0.160 e. The van der Waals surface area contributed by atoms with Crippen LogP contribution < -0.4 is 0 Å². The van der Waals surface area contributed by atoms with E-state index in [1.165, 1.54) is 70.9 Å². The van der Waals surface area contributed by atoms with Gasteiger partial charge in [0.15, 0.2) is 5.82 Å². The molecule has 0 N–H and O–H groups in total. The van der Waals surface area contributed by atoms with Crippen molar-refractivity contribution in [3.8, 4) is 73.4 Å². The number of rotatable bonds is 6. The molecule has 0 aliphatic rings. The SMILES string of the molecule is N#Cc1ccc(-c2cc(-c3ccc(-c4ccc(-c5ccc(-c6cc7ccccc7c7cc8ccccc8cc67)cc5)c5ccccc45)cc3)nc(-c3ccccc3)n2)cc1. The lowest BCUT2D eigenvalue weighted by molar-refractivity contribution is 1.18. The molecule has 0 radical (unpaired) electrons. The van der Waals surface area contributed by atoms with Crippen molar-refractivity contribution in [3.05, 3.63) is 218 Å². The largest absolute Gasteiger partial charge is 0.228 e. The van der Waals surface area contributed by atoms with Crippen molar-refractivity contribution in [1.29, 1.82) is 5.26 Å². The van der Waals surface area contributed by atoms with Crippen LogP contribution in [0.1, 0.15) is 5.56 Å². The van der Waals surface area contributed by atoms with Gasteiger partial charge in [-0.1, -0.05) is 176 Å². The van der Waals surface area contributed by atoms with Crippen molar-refractivity contribution in [2.75, 3.05) is 0 Å². The van der Waals surface area contributed by atoms with Crippen molar-refractivity contribution < 1.29 is 0 Å². The summed E-state index contributed by atoms with van der Waals surface area (Å²) in [5.74, 6) is 0.658. The van der Waals surface area contributed by atoms with E-state index >= 15 is 0 Å². The molecule has 3 nitrogen and oxygen atoms in total. The smallest absolute Gasteiger partial charge is 0.160 e. The zero-order chi connectivity index (χ0) is 40.0. The average molecular weight is 762 g/mol. The number of hydrogen-bond donors (Lipinski definition) is 0. The van der Waals surface area contributed by atoms with Crippen molar-refractivity contribution in [1.82, 2.24) is 9.97 Å². The van der Waals surface area contributed by atoms with Crippen molar-refractivity contribution >= 4 is 43.1 Å². The van der Waals surface area contributed by atoms with Crippen LogP contribution in [0.4, 0.5) is 0 Å². The zero-order valence-corrected chi connectivity index (χ0v) is 32.5. The van der Waals surface area contributed by atoms with Gasteiger partial charge in [0.1, 0.15) is 0 Å². The van der Waals surface area contributed by atoms with E-state index in [0.717, 1.165) is 33.6 Å². The molecule has 11 rings (SSSR count). The molecule has 0 saturated carbocycles. The Kier molecular flexibility index (Phi) is 8.54. The number of benzene rings is 10. The molecule has 0 aliphatic carbocycles. The Morgan fingerprint density at radius 2 is 0.750 bits per heavy atom. The number of aromatic nitrogens is 2. The van der Waals surface area contributed by atoms with Gasteiger partial charge in [0.2, 0.25) is 0 Å². The molecule has 278 valence electrons. The van der Waals surface area contributed by atoms with E-state index in [1.54, 1.807) is 0 Å². The fourth-order valence-corrected chi connectivity index (χ4v) is 8.65. The summed E-state index contributed by atoms with van der Waals surface area (Å²) in [4.78, 5) is 9.98. The Morgan fingerprint density at radius 1 is 0.300 bits per heavy atom. The fraction of sp³-hybridized carbons (Fsp3) is 0. The molecule has 0 aliphatic heterocycles. The number of fused-ring (bicyclic) bond motifs is 5. The minimum atomic E-state index is 0.616. The maximum absolute atomic E-state index is 9.36. The van der Waals surface area contributed by atoms with Crippen LogP contribution in [0.15, 0.2) is 212 Å². The molecular weight excluding hydrogens is 727 g/mol. The molecule has 10 aromatic carbocycles. The molecule has 60 heavy (non-hydrogen) atoms. The van der Waals surface area contributed by atoms with Gasteiger partial charge in [0.05, 0.1) is 23.0 Å². The topological polar surface area (TPSA) is 49.6 Å². The maximum atomic E-state index is 9.36. The normalized spacial score (nSPS) is 11.3. The Morgan fingerprint density at radius 3 is 1.32 bits per heavy atom. The van der Waals surface area contributed by atoms with Crippen molar-refractivity contribution in [2.24, 2.45) is 0 Å². The summed E-state index contributed by atoms with van der Waals surface area (Å²) < 4.78 is 0. The summed E-state index contributed by atoms with van der Waals surface area (Å²) in [6, 6.07) is 77.2. The minimum absolute atomic E-state index is 0.616. The summed E-state index contributed by atoms with van der Waals surface area (Å²) in [6.45, 7) is 0. The quantitative estimate of drug-likeness (QED) is 0.125. The Labute approximate surface area is 348 Å². The third kappa shape index (κ3) is 6.25. The summed E-state index contributed by atoms with van der Waals surface area (Å²) in [5.41, 5.74) is 12.3. The van der Waals surface area contributed by atoms with E-state index in [2.05, 4.69) is 158 Å². The molecular formula is C57H35N3. The highest BCUT2D eigenvalue weighted by Gasteiger charge is 2.15. The minimum Gasteiger partial charge on any atom is -0.228 e. The van der Waals surface area contributed by atoms with Crippen LogP contribution in [0.5, 0.6) is 0 Å². The standard InChI is InChI=1S/C57H35N3/c58-36-37-18-20-41(21-19-37)55-35-56(60-57(59-55)43-10-2-1-3-11-43)42-28-26-39(27-29-42)49-31-30-48(50-16-8-9-17-51(49)50)38-22-24-40(25-23-38)52-34-46-14-6-7-15-47(46)53-32-44-12-4-5-13-45(44)33-54(52)53/h1-35H. The van der Waals surface area contributed by atoms with E-state index < -0.39 is 0 Å². The first-order valence-corrected chi connectivity index (χ1v) is 20.2. The fourth-order valence-electron chi connectivity index (χ4n) is 8.65. The highest BCUT2D eigenvalue weighted by Crippen LogP contribution is 2.40. The van der Waals surface area contributed by atoms with Crippen LogP contribution in [0, 0.1) is 11.3 Å². The summed E-state index contributed by atoms with van der Waals surface area (Å²) in [6.07, 6.45) is 0. The second kappa shape index (κ2) is 14.6. The van der Waals surface area contributed by atoms with Gasteiger partial charge in [-0.15, -0.1) is 0 Å². The molecule has 1 heterocycles. The second-order valence-corrected chi connectivity index (χ2v) is 15.3. The molecule has 1 aromatic heterocycles. The third-order valence-electron chi connectivity index (χ3n) is 11.7. The predicted octanol–water partition coefficient (Wildman–Crippen LogP) is 15.0.